The van der Waals surface area contributed by atoms with Gasteiger partial charge in [-0.2, -0.15) is 0 Å². The minimum absolute atomic E-state index is 0.0513. The zero-order valence-electron chi connectivity index (χ0n) is 24.0. The summed E-state index contributed by atoms with van der Waals surface area (Å²) in [6.07, 6.45) is -2.42. The fraction of sp³-hybridized carbons (Fsp3) is 0.467. The molecule has 12 heteroatoms. The largest absolute Gasteiger partial charge is 0.444 e. The lowest BCUT2D eigenvalue weighted by Gasteiger charge is -2.46. The second kappa shape index (κ2) is 12.2. The fourth-order valence-corrected chi connectivity index (χ4v) is 5.44. The lowest BCUT2D eigenvalue weighted by molar-refractivity contribution is -0.134. The summed E-state index contributed by atoms with van der Waals surface area (Å²) in [6.45, 7) is 6.81. The number of amides is 3. The molecule has 0 unspecified atom stereocenters. The topological polar surface area (TPSA) is 109 Å². The molecule has 4 rings (SSSR count). The number of ether oxygens (including phenoxy) is 2. The van der Waals surface area contributed by atoms with E-state index in [4.69, 9.17) is 21.1 Å². The summed E-state index contributed by atoms with van der Waals surface area (Å²) in [5, 5.41) is 5.95. The van der Waals surface area contributed by atoms with Crippen molar-refractivity contribution < 1.29 is 32.6 Å². The maximum absolute atomic E-state index is 13.9. The van der Waals surface area contributed by atoms with Crippen LogP contribution in [0.3, 0.4) is 0 Å². The summed E-state index contributed by atoms with van der Waals surface area (Å²) in [7, 11) is 0. The SMILES string of the molecule is CC(C)(C)OC(=O)/N=C1\N[C@](C)(c2cccc(NC(=O)OCc3ccccc3)c2Cl)CC(=O)N1C1CCC(F)(F)CC1. The van der Waals surface area contributed by atoms with E-state index in [-0.39, 0.29) is 55.4 Å². The van der Waals surface area contributed by atoms with Gasteiger partial charge in [0.25, 0.3) is 0 Å². The number of halogens is 3. The highest BCUT2D eigenvalue weighted by Gasteiger charge is 2.46. The number of alkyl halides is 2. The van der Waals surface area contributed by atoms with Gasteiger partial charge in [-0.25, -0.2) is 18.4 Å². The van der Waals surface area contributed by atoms with Crippen molar-refractivity contribution in [2.45, 2.75) is 89.5 Å². The van der Waals surface area contributed by atoms with E-state index in [1.165, 1.54) is 4.90 Å². The number of aliphatic imine (C=N–C) groups is 1. The molecule has 1 aliphatic carbocycles. The number of hydrogen-bond acceptors (Lipinski definition) is 5. The Bertz CT molecular complexity index is 1360. The number of rotatable bonds is 5. The first kappa shape index (κ1) is 31.2. The number of benzene rings is 2. The zero-order chi connectivity index (χ0) is 30.7. The molecule has 1 atom stereocenters. The Labute approximate surface area is 248 Å². The van der Waals surface area contributed by atoms with Gasteiger partial charge >= 0.3 is 12.2 Å². The van der Waals surface area contributed by atoms with E-state index in [9.17, 15) is 23.2 Å². The molecule has 42 heavy (non-hydrogen) atoms. The Morgan fingerprint density at radius 3 is 2.43 bits per heavy atom. The Morgan fingerprint density at radius 2 is 1.79 bits per heavy atom. The number of anilines is 1. The molecule has 0 spiro atoms. The lowest BCUT2D eigenvalue weighted by Crippen LogP contribution is -2.63. The van der Waals surface area contributed by atoms with E-state index in [1.54, 1.807) is 45.9 Å². The average Bonchev–Trinajstić information content (AvgIpc) is 2.88. The van der Waals surface area contributed by atoms with Crippen LogP contribution in [0.5, 0.6) is 0 Å². The van der Waals surface area contributed by atoms with Gasteiger partial charge in [0.05, 0.1) is 22.7 Å². The van der Waals surface area contributed by atoms with Gasteiger partial charge in [-0.1, -0.05) is 54.1 Å². The van der Waals surface area contributed by atoms with Gasteiger partial charge in [-0.15, -0.1) is 4.99 Å². The molecule has 2 N–H and O–H groups in total. The minimum Gasteiger partial charge on any atom is -0.444 e. The normalized spacial score (nSPS) is 21.9. The number of carbonyl (C=O) groups excluding carboxylic acids is 3. The molecular formula is C30H35ClF2N4O5. The van der Waals surface area contributed by atoms with Crippen molar-refractivity contribution in [2.24, 2.45) is 4.99 Å². The van der Waals surface area contributed by atoms with Crippen molar-refractivity contribution in [1.82, 2.24) is 10.2 Å². The van der Waals surface area contributed by atoms with Crippen LogP contribution in [0.4, 0.5) is 24.1 Å². The van der Waals surface area contributed by atoms with Crippen LogP contribution in [0.1, 0.15) is 70.9 Å². The van der Waals surface area contributed by atoms with E-state index >= 15 is 0 Å². The van der Waals surface area contributed by atoms with E-state index in [2.05, 4.69) is 15.6 Å². The molecule has 3 amide bonds. The molecule has 2 aliphatic rings. The van der Waals surface area contributed by atoms with Gasteiger partial charge in [-0.3, -0.25) is 15.0 Å². The van der Waals surface area contributed by atoms with Crippen molar-refractivity contribution in [3.63, 3.8) is 0 Å². The van der Waals surface area contributed by atoms with Gasteiger partial charge < -0.3 is 14.8 Å². The highest BCUT2D eigenvalue weighted by Crippen LogP contribution is 2.40. The summed E-state index contributed by atoms with van der Waals surface area (Å²) in [5.41, 5.74) is -0.502. The average molecular weight is 605 g/mol. The summed E-state index contributed by atoms with van der Waals surface area (Å²) >= 11 is 6.75. The summed E-state index contributed by atoms with van der Waals surface area (Å²) < 4.78 is 38.5. The van der Waals surface area contributed by atoms with Crippen LogP contribution in [0, 0.1) is 0 Å². The molecule has 1 aliphatic heterocycles. The van der Waals surface area contributed by atoms with Crippen molar-refractivity contribution >= 4 is 41.3 Å². The van der Waals surface area contributed by atoms with Gasteiger partial charge in [0.1, 0.15) is 12.2 Å². The smallest absolute Gasteiger partial charge is 0.437 e. The second-order valence-corrected chi connectivity index (χ2v) is 12.1. The predicted molar refractivity (Wildman–Crippen MR) is 155 cm³/mol. The Kier molecular flexibility index (Phi) is 9.10. The van der Waals surface area contributed by atoms with Crippen LogP contribution in [0.15, 0.2) is 53.5 Å². The third-order valence-electron chi connectivity index (χ3n) is 7.07. The summed E-state index contributed by atoms with van der Waals surface area (Å²) in [4.78, 5) is 44.2. The van der Waals surface area contributed by atoms with Crippen LogP contribution < -0.4 is 10.6 Å². The minimum atomic E-state index is -2.80. The Balaban J connectivity index is 1.59. The molecule has 2 fully saturated rings. The van der Waals surface area contributed by atoms with E-state index in [1.807, 2.05) is 30.3 Å². The molecule has 1 saturated carbocycles. The van der Waals surface area contributed by atoms with Gasteiger partial charge in [0.2, 0.25) is 17.8 Å². The molecule has 0 aromatic heterocycles. The van der Waals surface area contributed by atoms with Crippen molar-refractivity contribution in [3.8, 4) is 0 Å². The summed E-state index contributed by atoms with van der Waals surface area (Å²) in [6, 6.07) is 13.5. The van der Waals surface area contributed by atoms with Crippen molar-refractivity contribution in [2.75, 3.05) is 5.32 Å². The first-order chi connectivity index (χ1) is 19.7. The maximum Gasteiger partial charge on any atom is 0.437 e. The van der Waals surface area contributed by atoms with Crippen molar-refractivity contribution in [1.29, 1.82) is 0 Å². The van der Waals surface area contributed by atoms with Crippen LogP contribution >= 0.6 is 11.6 Å². The number of hydrogen-bond donors (Lipinski definition) is 2. The van der Waals surface area contributed by atoms with Crippen LogP contribution in [0.25, 0.3) is 0 Å². The first-order valence-electron chi connectivity index (χ1n) is 13.7. The molecule has 1 heterocycles. The molecule has 2 aromatic rings. The standard InChI is InChI=1S/C30H35ClF2N4O5/c1-28(2,3)42-27(40)35-25-36-29(4,17-23(38)37(25)20-13-15-30(32,33)16-14-20)21-11-8-12-22(24(21)31)34-26(39)41-18-19-9-6-5-7-10-19/h5-12,20H,13-18H2,1-4H3,(H,34,39)(H,35,36,40)/t29-/m0/s1. The van der Waals surface area contributed by atoms with Gasteiger partial charge in [0, 0.05) is 18.9 Å². The molecule has 2 aromatic carbocycles. The zero-order valence-corrected chi connectivity index (χ0v) is 24.8. The monoisotopic (exact) mass is 604 g/mol. The molecule has 0 radical (unpaired) electrons. The number of nitrogens with zero attached hydrogens (tertiary/aromatic N) is 2. The molecular weight excluding hydrogens is 570 g/mol. The third-order valence-corrected chi connectivity index (χ3v) is 7.48. The van der Waals surface area contributed by atoms with E-state index < -0.39 is 41.2 Å². The van der Waals surface area contributed by atoms with Crippen molar-refractivity contribution in [3.05, 3.63) is 64.7 Å². The van der Waals surface area contributed by atoms with Gasteiger partial charge in [0.15, 0.2) is 0 Å². The number of carbonyl (C=O) groups is 3. The third kappa shape index (κ3) is 7.76. The molecule has 226 valence electrons. The molecule has 1 saturated heterocycles. The number of guanidine groups is 1. The van der Waals surface area contributed by atoms with E-state index in [0.717, 1.165) is 5.56 Å². The number of nitrogens with one attached hydrogen (secondary N) is 2. The lowest BCUT2D eigenvalue weighted by atomic mass is 9.84. The fourth-order valence-electron chi connectivity index (χ4n) is 5.06. The first-order valence-corrected chi connectivity index (χ1v) is 14.1. The Morgan fingerprint density at radius 1 is 1.12 bits per heavy atom. The molecule has 0 bridgehead atoms. The molecule has 9 nitrogen and oxygen atoms in total. The summed E-state index contributed by atoms with van der Waals surface area (Å²) in [5.74, 6) is -3.32. The second-order valence-electron chi connectivity index (χ2n) is 11.8. The highest BCUT2D eigenvalue weighted by atomic mass is 35.5. The highest BCUT2D eigenvalue weighted by molar-refractivity contribution is 6.34. The van der Waals surface area contributed by atoms with E-state index in [0.29, 0.717) is 5.56 Å². The Hall–Kier alpha value is -3.73. The van der Waals surface area contributed by atoms with Crippen LogP contribution in [-0.2, 0) is 26.4 Å². The predicted octanol–water partition coefficient (Wildman–Crippen LogP) is 6.99. The maximum atomic E-state index is 13.9. The van der Waals surface area contributed by atoms with Gasteiger partial charge in [-0.05, 0) is 57.7 Å². The van der Waals surface area contributed by atoms with Crippen LogP contribution in [0.2, 0.25) is 5.02 Å². The quantitative estimate of drug-likeness (QED) is 0.380. The van der Waals surface area contributed by atoms with Crippen LogP contribution in [-0.4, -0.2) is 46.5 Å².